The topological polar surface area (TPSA) is 137 Å². The molecule has 2 aromatic rings. The number of ether oxygens (including phenoxy) is 2. The number of hydrogen-bond acceptors (Lipinski definition) is 8. The molecule has 0 aliphatic carbocycles. The third kappa shape index (κ3) is 5.52. The summed E-state index contributed by atoms with van der Waals surface area (Å²) in [6, 6.07) is -0.658. The molecule has 3 N–H and O–H groups in total. The van der Waals surface area contributed by atoms with Gasteiger partial charge in [0.05, 0.1) is 31.6 Å². The Kier molecular flexibility index (Phi) is 7.18. The highest BCUT2D eigenvalue weighted by Gasteiger charge is 2.32. The fraction of sp³-hybridized carbons (Fsp3) is 0.667. The van der Waals surface area contributed by atoms with Crippen LogP contribution in [0.3, 0.4) is 0 Å². The van der Waals surface area contributed by atoms with E-state index in [0.29, 0.717) is 36.7 Å². The number of nitrogens with one attached hydrogen (secondary N) is 2. The average Bonchev–Trinajstić information content (AvgIpc) is 3.29. The highest BCUT2D eigenvalue weighted by molar-refractivity contribution is 5.90. The summed E-state index contributed by atoms with van der Waals surface area (Å²) in [5.74, 6) is 0.540. The first-order valence-corrected chi connectivity index (χ1v) is 9.64. The predicted molar refractivity (Wildman–Crippen MR) is 102 cm³/mol. The van der Waals surface area contributed by atoms with Crippen molar-refractivity contribution < 1.29 is 23.9 Å². The molecule has 1 aliphatic heterocycles. The molecule has 11 heteroatoms. The highest BCUT2D eigenvalue weighted by atomic mass is 16.5. The lowest BCUT2D eigenvalue weighted by molar-refractivity contribution is -0.0905. The van der Waals surface area contributed by atoms with Crippen molar-refractivity contribution in [3.8, 4) is 0 Å². The van der Waals surface area contributed by atoms with Gasteiger partial charge < -0.3 is 29.7 Å². The Balaban J connectivity index is 1.47. The van der Waals surface area contributed by atoms with Crippen LogP contribution in [-0.4, -0.2) is 63.3 Å². The van der Waals surface area contributed by atoms with E-state index < -0.39 is 6.10 Å². The van der Waals surface area contributed by atoms with E-state index in [1.165, 1.54) is 0 Å². The maximum absolute atomic E-state index is 12.3. The quantitative estimate of drug-likeness (QED) is 0.592. The zero-order valence-electron chi connectivity index (χ0n) is 16.9. The van der Waals surface area contributed by atoms with E-state index in [1.54, 1.807) is 25.6 Å². The minimum absolute atomic E-state index is 0.0223. The molecule has 1 saturated heterocycles. The van der Waals surface area contributed by atoms with Gasteiger partial charge in [0.15, 0.2) is 5.76 Å². The standard InChI is InChI=1S/C18H28N6O5/c1-11-17(12(2)29-22-11)20-18(26)19-15-5-4-14(28-16(15)9-25)6-7-24-8-13(10-27-3)21-23-24/h8,14-16,25H,4-7,9-10H2,1-3H3,(H2,19,20,26)/t14-,15-,16+/m1/s1. The molecular weight excluding hydrogens is 380 g/mol. The molecule has 0 saturated carbocycles. The summed E-state index contributed by atoms with van der Waals surface area (Å²) in [5.41, 5.74) is 1.94. The first kappa shape index (κ1) is 21.2. The molecule has 0 spiro atoms. The van der Waals surface area contributed by atoms with Crippen LogP contribution in [-0.2, 0) is 22.6 Å². The molecule has 0 aromatic carbocycles. The molecule has 3 rings (SSSR count). The number of aliphatic hydroxyl groups excluding tert-OH is 1. The maximum atomic E-state index is 12.3. The number of aryl methyl sites for hydroxylation is 3. The SMILES string of the molecule is COCc1cn(CC[C@H]2CC[C@@H](NC(=O)Nc3c(C)noc3C)[C@H](CO)O2)nn1. The Morgan fingerprint density at radius 3 is 2.93 bits per heavy atom. The Morgan fingerprint density at radius 1 is 1.41 bits per heavy atom. The zero-order valence-corrected chi connectivity index (χ0v) is 16.9. The van der Waals surface area contributed by atoms with Gasteiger partial charge in [-0.2, -0.15) is 0 Å². The van der Waals surface area contributed by atoms with E-state index in [4.69, 9.17) is 14.0 Å². The van der Waals surface area contributed by atoms with Gasteiger partial charge in [0, 0.05) is 13.7 Å². The van der Waals surface area contributed by atoms with Gasteiger partial charge in [0.2, 0.25) is 0 Å². The second-order valence-electron chi connectivity index (χ2n) is 7.16. The normalized spacial score (nSPS) is 21.9. The van der Waals surface area contributed by atoms with Gasteiger partial charge in [-0.25, -0.2) is 4.79 Å². The summed E-state index contributed by atoms with van der Waals surface area (Å²) >= 11 is 0. The molecule has 1 aliphatic rings. The molecule has 2 amide bonds. The van der Waals surface area contributed by atoms with E-state index in [0.717, 1.165) is 18.5 Å². The molecule has 0 bridgehead atoms. The molecule has 11 nitrogen and oxygen atoms in total. The van der Waals surface area contributed by atoms with Crippen molar-refractivity contribution in [2.75, 3.05) is 19.0 Å². The van der Waals surface area contributed by atoms with E-state index in [9.17, 15) is 9.90 Å². The van der Waals surface area contributed by atoms with Crippen molar-refractivity contribution in [3.05, 3.63) is 23.3 Å². The number of methoxy groups -OCH3 is 1. The Bertz CT molecular complexity index is 787. The molecular formula is C18H28N6O5. The number of carbonyl (C=O) groups excluding carboxylic acids is 1. The van der Waals surface area contributed by atoms with Crippen LogP contribution in [0.4, 0.5) is 10.5 Å². The van der Waals surface area contributed by atoms with Crippen molar-refractivity contribution in [3.63, 3.8) is 0 Å². The summed E-state index contributed by atoms with van der Waals surface area (Å²) in [6.45, 7) is 4.40. The van der Waals surface area contributed by atoms with Crippen LogP contribution in [0, 0.1) is 13.8 Å². The van der Waals surface area contributed by atoms with E-state index in [-0.39, 0.29) is 24.8 Å². The second-order valence-corrected chi connectivity index (χ2v) is 7.16. The number of amides is 2. The molecule has 160 valence electrons. The van der Waals surface area contributed by atoms with Crippen LogP contribution in [0.25, 0.3) is 0 Å². The molecule has 1 fully saturated rings. The second kappa shape index (κ2) is 9.81. The molecule has 0 unspecified atom stereocenters. The summed E-state index contributed by atoms with van der Waals surface area (Å²) in [4.78, 5) is 12.3. The third-order valence-electron chi connectivity index (χ3n) is 4.94. The number of anilines is 1. The maximum Gasteiger partial charge on any atom is 0.319 e. The van der Waals surface area contributed by atoms with Crippen LogP contribution >= 0.6 is 0 Å². The largest absolute Gasteiger partial charge is 0.394 e. The highest BCUT2D eigenvalue weighted by Crippen LogP contribution is 2.23. The molecule has 0 radical (unpaired) electrons. The lowest BCUT2D eigenvalue weighted by Gasteiger charge is -2.36. The lowest BCUT2D eigenvalue weighted by atomic mass is 9.97. The summed E-state index contributed by atoms with van der Waals surface area (Å²) in [6.07, 6.45) is 3.57. The zero-order chi connectivity index (χ0) is 20.8. The number of hydrogen-bond donors (Lipinski definition) is 3. The fourth-order valence-electron chi connectivity index (χ4n) is 3.43. The molecule has 29 heavy (non-hydrogen) atoms. The summed E-state index contributed by atoms with van der Waals surface area (Å²) in [7, 11) is 1.61. The smallest absolute Gasteiger partial charge is 0.319 e. The fourth-order valence-corrected chi connectivity index (χ4v) is 3.43. The third-order valence-corrected chi connectivity index (χ3v) is 4.94. The Hall–Kier alpha value is -2.50. The van der Waals surface area contributed by atoms with Crippen LogP contribution < -0.4 is 10.6 Å². The summed E-state index contributed by atoms with van der Waals surface area (Å²) < 4.78 is 17.8. The van der Waals surface area contributed by atoms with Gasteiger partial charge >= 0.3 is 6.03 Å². The monoisotopic (exact) mass is 408 g/mol. The van der Waals surface area contributed by atoms with Crippen molar-refractivity contribution >= 4 is 11.7 Å². The van der Waals surface area contributed by atoms with Crippen molar-refractivity contribution in [1.29, 1.82) is 0 Å². The van der Waals surface area contributed by atoms with E-state index >= 15 is 0 Å². The Morgan fingerprint density at radius 2 is 2.24 bits per heavy atom. The minimum Gasteiger partial charge on any atom is -0.394 e. The van der Waals surface area contributed by atoms with Gasteiger partial charge in [-0.05, 0) is 33.1 Å². The van der Waals surface area contributed by atoms with Gasteiger partial charge in [-0.15, -0.1) is 5.10 Å². The number of rotatable bonds is 8. The van der Waals surface area contributed by atoms with Crippen molar-refractivity contribution in [2.24, 2.45) is 0 Å². The van der Waals surface area contributed by atoms with Gasteiger partial charge in [-0.3, -0.25) is 4.68 Å². The Labute approximate surface area is 168 Å². The van der Waals surface area contributed by atoms with Crippen LogP contribution in [0.1, 0.15) is 36.4 Å². The molecule has 3 atom stereocenters. The first-order valence-electron chi connectivity index (χ1n) is 9.64. The van der Waals surface area contributed by atoms with Crippen molar-refractivity contribution in [1.82, 2.24) is 25.5 Å². The van der Waals surface area contributed by atoms with E-state index in [1.807, 2.05) is 6.20 Å². The van der Waals surface area contributed by atoms with Gasteiger partial charge in [0.1, 0.15) is 23.2 Å². The average molecular weight is 408 g/mol. The minimum atomic E-state index is -0.469. The van der Waals surface area contributed by atoms with Gasteiger partial charge in [-0.1, -0.05) is 10.4 Å². The predicted octanol–water partition coefficient (Wildman–Crippen LogP) is 1.15. The number of carbonyl (C=O) groups is 1. The number of urea groups is 1. The van der Waals surface area contributed by atoms with Gasteiger partial charge in [0.25, 0.3) is 0 Å². The first-order chi connectivity index (χ1) is 14.0. The number of aromatic nitrogens is 4. The number of aliphatic hydroxyl groups is 1. The lowest BCUT2D eigenvalue weighted by Crippen LogP contribution is -2.52. The molecule has 2 aromatic heterocycles. The van der Waals surface area contributed by atoms with Crippen molar-refractivity contribution in [2.45, 2.75) is 64.5 Å². The summed E-state index contributed by atoms with van der Waals surface area (Å²) in [5, 5.41) is 27.3. The van der Waals surface area contributed by atoms with Crippen LogP contribution in [0.15, 0.2) is 10.7 Å². The van der Waals surface area contributed by atoms with Crippen LogP contribution in [0.5, 0.6) is 0 Å². The number of nitrogens with zero attached hydrogens (tertiary/aromatic N) is 4. The molecule has 3 heterocycles. The van der Waals surface area contributed by atoms with Crippen LogP contribution in [0.2, 0.25) is 0 Å². The van der Waals surface area contributed by atoms with E-state index in [2.05, 4.69) is 26.1 Å².